The monoisotopic (exact) mass is 541 g/mol. The Labute approximate surface area is 217 Å². The molecule has 2 amide bonds. The van der Waals surface area contributed by atoms with Crippen LogP contribution in [0.1, 0.15) is 38.7 Å². The van der Waals surface area contributed by atoms with Crippen molar-refractivity contribution in [2.75, 3.05) is 30.8 Å². The second-order valence-electron chi connectivity index (χ2n) is 8.31. The number of methoxy groups -OCH3 is 1. The number of hydrogen-bond acceptors (Lipinski definition) is 5. The molecule has 0 aliphatic rings. The summed E-state index contributed by atoms with van der Waals surface area (Å²) in [5.41, 5.74) is 0.779. The minimum atomic E-state index is -3.94. The number of halogens is 2. The number of nitrogens with one attached hydrogen (secondary N) is 1. The summed E-state index contributed by atoms with van der Waals surface area (Å²) in [5.74, 6) is -0.980. The van der Waals surface area contributed by atoms with E-state index in [1.807, 2.05) is 6.92 Å². The molecular weight excluding hydrogens is 509 g/mol. The Hall–Kier alpha value is -2.85. The molecule has 198 valence electrons. The third-order valence-electron chi connectivity index (χ3n) is 5.60. The number of rotatable bonds is 13. The highest BCUT2D eigenvalue weighted by atomic mass is 35.5. The third-order valence-corrected chi connectivity index (χ3v) is 7.03. The van der Waals surface area contributed by atoms with Crippen LogP contribution in [-0.4, -0.2) is 57.6 Å². The van der Waals surface area contributed by atoms with Crippen LogP contribution in [0.4, 0.5) is 10.1 Å². The summed E-state index contributed by atoms with van der Waals surface area (Å²) in [6, 6.07) is 9.61. The molecule has 0 spiro atoms. The Morgan fingerprint density at radius 1 is 1.14 bits per heavy atom. The number of carbonyl (C=O) groups is 2. The van der Waals surface area contributed by atoms with E-state index < -0.39 is 34.3 Å². The molecule has 0 fully saturated rings. The summed E-state index contributed by atoms with van der Waals surface area (Å²) in [4.78, 5) is 28.0. The first-order valence-electron chi connectivity index (χ1n) is 11.6. The molecule has 2 aromatic rings. The normalized spacial score (nSPS) is 12.1. The van der Waals surface area contributed by atoms with Crippen molar-refractivity contribution >= 4 is 39.1 Å². The van der Waals surface area contributed by atoms with Gasteiger partial charge in [-0.3, -0.25) is 13.9 Å². The summed E-state index contributed by atoms with van der Waals surface area (Å²) in [6.45, 7) is 3.75. The van der Waals surface area contributed by atoms with E-state index in [2.05, 4.69) is 5.32 Å². The molecular formula is C25H33ClFN3O5S. The van der Waals surface area contributed by atoms with Crippen molar-refractivity contribution in [3.63, 3.8) is 0 Å². The van der Waals surface area contributed by atoms with E-state index in [-0.39, 0.29) is 23.2 Å². The van der Waals surface area contributed by atoms with Crippen LogP contribution in [0, 0.1) is 5.82 Å². The van der Waals surface area contributed by atoms with E-state index in [4.69, 9.17) is 16.3 Å². The van der Waals surface area contributed by atoms with Crippen LogP contribution in [0.2, 0.25) is 5.02 Å². The Bertz CT molecular complexity index is 1140. The number of nitrogens with zero attached hydrogens (tertiary/aromatic N) is 2. The van der Waals surface area contributed by atoms with Crippen LogP contribution in [0.25, 0.3) is 0 Å². The fourth-order valence-corrected chi connectivity index (χ4v) is 4.62. The molecule has 0 bridgehead atoms. The van der Waals surface area contributed by atoms with Gasteiger partial charge in [0.25, 0.3) is 0 Å². The average molecular weight is 542 g/mol. The summed E-state index contributed by atoms with van der Waals surface area (Å²) in [7, 11) is -2.40. The molecule has 36 heavy (non-hydrogen) atoms. The molecule has 2 rings (SSSR count). The first-order chi connectivity index (χ1) is 17.0. The molecule has 0 heterocycles. The Kier molecular flexibility index (Phi) is 11.0. The van der Waals surface area contributed by atoms with Gasteiger partial charge >= 0.3 is 0 Å². The maximum Gasteiger partial charge on any atom is 0.244 e. The highest BCUT2D eigenvalue weighted by molar-refractivity contribution is 7.92. The predicted octanol–water partition coefficient (Wildman–Crippen LogP) is 3.98. The Morgan fingerprint density at radius 2 is 1.81 bits per heavy atom. The fraction of sp³-hybridized carbons (Fsp3) is 0.440. The van der Waals surface area contributed by atoms with Crippen molar-refractivity contribution in [1.82, 2.24) is 10.2 Å². The van der Waals surface area contributed by atoms with E-state index in [1.54, 1.807) is 38.3 Å². The van der Waals surface area contributed by atoms with Crippen LogP contribution >= 0.6 is 11.6 Å². The van der Waals surface area contributed by atoms with Crippen molar-refractivity contribution in [3.8, 4) is 5.75 Å². The van der Waals surface area contributed by atoms with Gasteiger partial charge in [0.2, 0.25) is 21.8 Å². The van der Waals surface area contributed by atoms with Crippen molar-refractivity contribution in [2.24, 2.45) is 0 Å². The highest BCUT2D eigenvalue weighted by Gasteiger charge is 2.31. The van der Waals surface area contributed by atoms with Crippen LogP contribution in [0.15, 0.2) is 42.5 Å². The lowest BCUT2D eigenvalue weighted by molar-refractivity contribution is -0.140. The number of benzene rings is 2. The number of carbonyl (C=O) groups excluding carboxylic acids is 2. The van der Waals surface area contributed by atoms with Gasteiger partial charge in [-0.15, -0.1) is 0 Å². The number of ether oxygens (including phenoxy) is 1. The lowest BCUT2D eigenvalue weighted by atomic mass is 10.1. The predicted molar refractivity (Wildman–Crippen MR) is 139 cm³/mol. The maximum absolute atomic E-state index is 13.7. The Balaban J connectivity index is 2.42. The van der Waals surface area contributed by atoms with Crippen LogP contribution in [0.5, 0.6) is 5.75 Å². The van der Waals surface area contributed by atoms with Gasteiger partial charge in [0.1, 0.15) is 24.2 Å². The van der Waals surface area contributed by atoms with E-state index in [0.29, 0.717) is 18.7 Å². The zero-order chi connectivity index (χ0) is 26.9. The Morgan fingerprint density at radius 3 is 2.33 bits per heavy atom. The van der Waals surface area contributed by atoms with Crippen molar-refractivity contribution < 1.29 is 27.1 Å². The number of amides is 2. The van der Waals surface area contributed by atoms with Gasteiger partial charge in [-0.25, -0.2) is 12.8 Å². The number of anilines is 1. The molecule has 2 aromatic carbocycles. The van der Waals surface area contributed by atoms with Gasteiger partial charge in [0.05, 0.1) is 24.1 Å². The van der Waals surface area contributed by atoms with Gasteiger partial charge in [0.15, 0.2) is 0 Å². The lowest BCUT2D eigenvalue weighted by Crippen LogP contribution is -2.52. The van der Waals surface area contributed by atoms with Gasteiger partial charge < -0.3 is 15.0 Å². The second-order valence-corrected chi connectivity index (χ2v) is 10.6. The molecule has 0 aliphatic carbocycles. The van der Waals surface area contributed by atoms with Gasteiger partial charge in [-0.05, 0) is 48.7 Å². The average Bonchev–Trinajstić information content (AvgIpc) is 2.84. The lowest BCUT2D eigenvalue weighted by Gasteiger charge is -2.33. The van der Waals surface area contributed by atoms with Gasteiger partial charge in [-0.2, -0.15) is 0 Å². The van der Waals surface area contributed by atoms with E-state index in [0.717, 1.165) is 41.1 Å². The molecule has 0 saturated heterocycles. The van der Waals surface area contributed by atoms with E-state index >= 15 is 0 Å². The quantitative estimate of drug-likeness (QED) is 0.387. The summed E-state index contributed by atoms with van der Waals surface area (Å²) in [5, 5.41) is 2.59. The number of sulfonamides is 1. The number of hydrogen-bond donors (Lipinski definition) is 1. The van der Waals surface area contributed by atoms with Crippen LogP contribution in [0.3, 0.4) is 0 Å². The van der Waals surface area contributed by atoms with E-state index in [1.165, 1.54) is 11.0 Å². The topological polar surface area (TPSA) is 96.0 Å². The molecule has 0 aromatic heterocycles. The zero-order valence-corrected chi connectivity index (χ0v) is 22.5. The molecule has 0 unspecified atom stereocenters. The molecule has 8 nitrogen and oxygen atoms in total. The smallest absolute Gasteiger partial charge is 0.244 e. The molecule has 11 heteroatoms. The van der Waals surface area contributed by atoms with Gasteiger partial charge in [0, 0.05) is 13.1 Å². The third kappa shape index (κ3) is 8.09. The maximum atomic E-state index is 13.7. The standard InChI is InChI=1S/C25H33ClFN3O5S/c1-5-7-14-28-25(32)23(6-2)29(16-18-8-11-20(35-3)12-9-18)24(31)17-30(36(4,33)34)19-10-13-22(27)21(26)15-19/h8-13,15,23H,5-7,14,16-17H2,1-4H3,(H,28,32)/t23-/m1/s1. The van der Waals surface area contributed by atoms with Crippen LogP contribution < -0.4 is 14.4 Å². The first kappa shape index (κ1) is 29.4. The van der Waals surface area contributed by atoms with Crippen molar-refractivity contribution in [3.05, 3.63) is 58.9 Å². The minimum Gasteiger partial charge on any atom is -0.497 e. The highest BCUT2D eigenvalue weighted by Crippen LogP contribution is 2.25. The largest absolute Gasteiger partial charge is 0.497 e. The summed E-state index contributed by atoms with van der Waals surface area (Å²) in [6.07, 6.45) is 2.96. The molecule has 1 atom stereocenters. The summed E-state index contributed by atoms with van der Waals surface area (Å²) < 4.78 is 44.9. The fourth-order valence-electron chi connectivity index (χ4n) is 3.61. The van der Waals surface area contributed by atoms with Crippen molar-refractivity contribution in [2.45, 2.75) is 45.7 Å². The molecule has 1 N–H and O–H groups in total. The number of unbranched alkanes of at least 4 members (excludes halogenated alkanes) is 1. The van der Waals surface area contributed by atoms with Crippen LogP contribution in [-0.2, 0) is 26.2 Å². The summed E-state index contributed by atoms with van der Waals surface area (Å²) >= 11 is 5.86. The SMILES string of the molecule is CCCCNC(=O)[C@@H](CC)N(Cc1ccc(OC)cc1)C(=O)CN(c1ccc(F)c(Cl)c1)S(C)(=O)=O. The van der Waals surface area contributed by atoms with Gasteiger partial charge in [-0.1, -0.05) is 44.0 Å². The van der Waals surface area contributed by atoms with E-state index in [9.17, 15) is 22.4 Å². The van der Waals surface area contributed by atoms with Crippen molar-refractivity contribution in [1.29, 1.82) is 0 Å². The minimum absolute atomic E-state index is 0.0436. The zero-order valence-electron chi connectivity index (χ0n) is 21.0. The second kappa shape index (κ2) is 13.5. The molecule has 0 saturated carbocycles. The molecule has 0 radical (unpaired) electrons. The molecule has 0 aliphatic heterocycles. The first-order valence-corrected chi connectivity index (χ1v) is 13.9.